The number of hydrogen-bond acceptors (Lipinski definition) is 5. The molecule has 7 nitrogen and oxygen atoms in total. The molecule has 1 fully saturated rings. The number of benzene rings is 3. The summed E-state index contributed by atoms with van der Waals surface area (Å²) < 4.78 is 47.8. The van der Waals surface area contributed by atoms with Gasteiger partial charge in [-0.05, 0) is 48.5 Å². The first-order valence-electron chi connectivity index (χ1n) is 10.6. The summed E-state index contributed by atoms with van der Waals surface area (Å²) in [6, 6.07) is 15.2. The van der Waals surface area contributed by atoms with Crippen molar-refractivity contribution in [3.8, 4) is 5.75 Å². The Morgan fingerprint density at radius 2 is 1.71 bits per heavy atom. The molecule has 1 aliphatic rings. The summed E-state index contributed by atoms with van der Waals surface area (Å²) in [7, 11) is -2.34. The largest absolute Gasteiger partial charge is 0.495 e. The smallest absolute Gasteiger partial charge is 0.257 e. The molecule has 1 heterocycles. The van der Waals surface area contributed by atoms with Gasteiger partial charge in [0.15, 0.2) is 0 Å². The van der Waals surface area contributed by atoms with Gasteiger partial charge in [-0.3, -0.25) is 4.79 Å². The Labute approximate surface area is 213 Å². The van der Waals surface area contributed by atoms with Gasteiger partial charge in [0.2, 0.25) is 10.0 Å². The van der Waals surface area contributed by atoms with Gasteiger partial charge in [0.1, 0.15) is 11.6 Å². The van der Waals surface area contributed by atoms with Crippen molar-refractivity contribution in [2.24, 2.45) is 0 Å². The Hall–Kier alpha value is -2.85. The molecule has 1 N–H and O–H groups in total. The quantitative estimate of drug-likeness (QED) is 0.483. The lowest BCUT2D eigenvalue weighted by atomic mass is 10.2. The molecule has 4 rings (SSSR count). The Kier molecular flexibility index (Phi) is 7.51. The standard InChI is InChI=1S/C24H22Cl2FN3O4S/c1-34-23-5-3-2-4-22(23)29-10-12-30(13-11-29)35(32,33)17-7-9-21(20(27)15-17)28-24(31)18-8-6-16(25)14-19(18)26/h2-9,14-15H,10-13H2,1H3,(H,28,31). The second-order valence-corrected chi connectivity index (χ2v) is 10.6. The summed E-state index contributed by atoms with van der Waals surface area (Å²) in [5.41, 5.74) is 0.833. The van der Waals surface area contributed by atoms with Crippen LogP contribution in [0.3, 0.4) is 0 Å². The number of nitrogens with one attached hydrogen (secondary N) is 1. The topological polar surface area (TPSA) is 79.0 Å². The van der Waals surface area contributed by atoms with Crippen molar-refractivity contribution in [2.45, 2.75) is 4.90 Å². The van der Waals surface area contributed by atoms with E-state index in [0.717, 1.165) is 11.8 Å². The molecule has 0 saturated carbocycles. The lowest BCUT2D eigenvalue weighted by Gasteiger charge is -2.35. The van der Waals surface area contributed by atoms with Gasteiger partial charge in [-0.15, -0.1) is 0 Å². The van der Waals surface area contributed by atoms with Crippen LogP contribution in [0.25, 0.3) is 0 Å². The van der Waals surface area contributed by atoms with E-state index in [-0.39, 0.29) is 34.3 Å². The average molecular weight is 538 g/mol. The highest BCUT2D eigenvalue weighted by molar-refractivity contribution is 7.89. The van der Waals surface area contributed by atoms with Crippen LogP contribution < -0.4 is 15.0 Å². The predicted molar refractivity (Wildman–Crippen MR) is 135 cm³/mol. The van der Waals surface area contributed by atoms with Crippen molar-refractivity contribution < 1.29 is 22.3 Å². The van der Waals surface area contributed by atoms with E-state index in [9.17, 15) is 17.6 Å². The molecule has 0 bridgehead atoms. The third-order valence-electron chi connectivity index (χ3n) is 5.67. The molecule has 3 aromatic carbocycles. The fourth-order valence-electron chi connectivity index (χ4n) is 3.83. The number of piperazine rings is 1. The highest BCUT2D eigenvalue weighted by Crippen LogP contribution is 2.30. The molecule has 35 heavy (non-hydrogen) atoms. The van der Waals surface area contributed by atoms with E-state index in [2.05, 4.69) is 5.32 Å². The van der Waals surface area contributed by atoms with Crippen LogP contribution in [0.1, 0.15) is 10.4 Å². The number of carbonyl (C=O) groups is 1. The fraction of sp³-hybridized carbons (Fsp3) is 0.208. The van der Waals surface area contributed by atoms with Gasteiger partial charge >= 0.3 is 0 Å². The van der Waals surface area contributed by atoms with Gasteiger partial charge < -0.3 is 15.0 Å². The molecule has 1 saturated heterocycles. The van der Waals surface area contributed by atoms with E-state index in [1.165, 1.54) is 34.6 Å². The number of para-hydroxylation sites is 2. The maximum atomic E-state index is 14.8. The summed E-state index contributed by atoms with van der Waals surface area (Å²) in [6.45, 7) is 1.38. The average Bonchev–Trinajstić information content (AvgIpc) is 2.85. The van der Waals surface area contributed by atoms with E-state index >= 15 is 0 Å². The maximum absolute atomic E-state index is 14.8. The van der Waals surface area contributed by atoms with Crippen molar-refractivity contribution in [3.63, 3.8) is 0 Å². The number of methoxy groups -OCH3 is 1. The molecule has 0 spiro atoms. The van der Waals surface area contributed by atoms with E-state index in [4.69, 9.17) is 27.9 Å². The Bertz CT molecular complexity index is 1360. The van der Waals surface area contributed by atoms with Gasteiger partial charge in [0, 0.05) is 31.2 Å². The van der Waals surface area contributed by atoms with E-state index < -0.39 is 21.7 Å². The highest BCUT2D eigenvalue weighted by Gasteiger charge is 2.30. The summed E-state index contributed by atoms with van der Waals surface area (Å²) >= 11 is 11.9. The zero-order valence-corrected chi connectivity index (χ0v) is 21.0. The molecular formula is C24H22Cl2FN3O4S. The Morgan fingerprint density at radius 3 is 2.37 bits per heavy atom. The van der Waals surface area contributed by atoms with Crippen LogP contribution in [0.15, 0.2) is 65.6 Å². The zero-order chi connectivity index (χ0) is 25.2. The van der Waals surface area contributed by atoms with Gasteiger partial charge in [-0.25, -0.2) is 12.8 Å². The minimum atomic E-state index is -3.93. The second kappa shape index (κ2) is 10.4. The summed E-state index contributed by atoms with van der Waals surface area (Å²) in [5, 5.41) is 2.88. The van der Waals surface area contributed by atoms with Crippen molar-refractivity contribution in [1.82, 2.24) is 4.31 Å². The summed E-state index contributed by atoms with van der Waals surface area (Å²) in [5.74, 6) is -0.811. The normalized spacial score (nSPS) is 14.6. The predicted octanol–water partition coefficient (Wildman–Crippen LogP) is 4.90. The van der Waals surface area contributed by atoms with Crippen molar-refractivity contribution in [1.29, 1.82) is 0 Å². The molecule has 0 radical (unpaired) electrons. The molecule has 11 heteroatoms. The molecule has 1 amide bonds. The van der Waals surface area contributed by atoms with E-state index in [0.29, 0.717) is 23.9 Å². The first-order chi connectivity index (χ1) is 16.7. The van der Waals surface area contributed by atoms with Crippen LogP contribution in [-0.2, 0) is 10.0 Å². The number of anilines is 2. The number of nitrogens with zero attached hydrogens (tertiary/aromatic N) is 2. The molecule has 0 aliphatic carbocycles. The van der Waals surface area contributed by atoms with Gasteiger partial charge in [-0.1, -0.05) is 35.3 Å². The number of ether oxygens (including phenoxy) is 1. The number of sulfonamides is 1. The maximum Gasteiger partial charge on any atom is 0.257 e. The second-order valence-electron chi connectivity index (χ2n) is 7.78. The number of rotatable bonds is 6. The molecule has 1 aliphatic heterocycles. The molecule has 184 valence electrons. The first-order valence-corrected chi connectivity index (χ1v) is 12.8. The number of hydrogen-bond donors (Lipinski definition) is 1. The third kappa shape index (κ3) is 5.38. The molecule has 3 aromatic rings. The Morgan fingerprint density at radius 1 is 1.00 bits per heavy atom. The number of amides is 1. The van der Waals surface area contributed by atoms with Crippen molar-refractivity contribution in [2.75, 3.05) is 43.5 Å². The van der Waals surface area contributed by atoms with Gasteiger partial charge in [-0.2, -0.15) is 4.31 Å². The highest BCUT2D eigenvalue weighted by atomic mass is 35.5. The van der Waals surface area contributed by atoms with Crippen molar-refractivity contribution >= 4 is 50.5 Å². The number of carbonyl (C=O) groups excluding carboxylic acids is 1. The summed E-state index contributed by atoms with van der Waals surface area (Å²) in [6.07, 6.45) is 0. The Balaban J connectivity index is 1.46. The molecule has 0 atom stereocenters. The lowest BCUT2D eigenvalue weighted by molar-refractivity contribution is 0.102. The fourth-order valence-corrected chi connectivity index (χ4v) is 5.76. The molecule has 0 aromatic heterocycles. The third-order valence-corrected chi connectivity index (χ3v) is 8.11. The number of halogens is 3. The minimum Gasteiger partial charge on any atom is -0.495 e. The summed E-state index contributed by atoms with van der Waals surface area (Å²) in [4.78, 5) is 14.3. The monoisotopic (exact) mass is 537 g/mol. The van der Waals surface area contributed by atoms with Crippen LogP contribution >= 0.6 is 23.2 Å². The van der Waals surface area contributed by atoms with Crippen LogP contribution in [0.4, 0.5) is 15.8 Å². The van der Waals surface area contributed by atoms with Crippen LogP contribution in [-0.4, -0.2) is 51.9 Å². The van der Waals surface area contributed by atoms with Gasteiger partial charge in [0.25, 0.3) is 5.91 Å². The molecular weight excluding hydrogens is 516 g/mol. The van der Waals surface area contributed by atoms with E-state index in [1.807, 2.05) is 29.2 Å². The SMILES string of the molecule is COc1ccccc1N1CCN(S(=O)(=O)c2ccc(NC(=O)c3ccc(Cl)cc3Cl)c(F)c2)CC1. The van der Waals surface area contributed by atoms with Crippen LogP contribution in [0.2, 0.25) is 10.0 Å². The van der Waals surface area contributed by atoms with Crippen LogP contribution in [0.5, 0.6) is 5.75 Å². The lowest BCUT2D eigenvalue weighted by Crippen LogP contribution is -2.48. The minimum absolute atomic E-state index is 0.111. The van der Waals surface area contributed by atoms with Crippen molar-refractivity contribution in [3.05, 3.63) is 82.1 Å². The molecule has 0 unspecified atom stereocenters. The van der Waals surface area contributed by atoms with Gasteiger partial charge in [0.05, 0.1) is 34.0 Å². The van der Waals surface area contributed by atoms with Crippen LogP contribution in [0, 0.1) is 5.82 Å². The van der Waals surface area contributed by atoms with E-state index in [1.54, 1.807) is 7.11 Å². The zero-order valence-electron chi connectivity index (χ0n) is 18.7. The first kappa shape index (κ1) is 25.2.